The molecule has 0 aliphatic carbocycles. The summed E-state index contributed by atoms with van der Waals surface area (Å²) in [7, 11) is 0. The first-order valence-corrected chi connectivity index (χ1v) is 6.70. The van der Waals surface area contributed by atoms with E-state index in [1.807, 2.05) is 30.5 Å². The Kier molecular flexibility index (Phi) is 3.18. The number of nitrogens with one attached hydrogen (secondary N) is 1. The van der Waals surface area contributed by atoms with Gasteiger partial charge in [-0.15, -0.1) is 0 Å². The van der Waals surface area contributed by atoms with Gasteiger partial charge in [0.1, 0.15) is 0 Å². The minimum absolute atomic E-state index is 0.0592. The molecular formula is C15H16N2O3. The van der Waals surface area contributed by atoms with Gasteiger partial charge in [-0.1, -0.05) is 18.2 Å². The van der Waals surface area contributed by atoms with Crippen LogP contribution in [0.5, 0.6) is 0 Å². The zero-order valence-electron chi connectivity index (χ0n) is 11.0. The van der Waals surface area contributed by atoms with Gasteiger partial charge >= 0.3 is 5.97 Å². The second kappa shape index (κ2) is 5.00. The average molecular weight is 272 g/mol. The molecule has 3 rings (SSSR count). The molecule has 5 nitrogen and oxygen atoms in total. The van der Waals surface area contributed by atoms with Gasteiger partial charge in [-0.3, -0.25) is 9.59 Å². The first-order valence-electron chi connectivity index (χ1n) is 6.70. The molecule has 1 saturated heterocycles. The number of aromatic amines is 1. The zero-order chi connectivity index (χ0) is 14.1. The first-order chi connectivity index (χ1) is 9.65. The van der Waals surface area contributed by atoms with E-state index in [0.29, 0.717) is 13.1 Å². The quantitative estimate of drug-likeness (QED) is 0.888. The Bertz CT molecular complexity index is 662. The summed E-state index contributed by atoms with van der Waals surface area (Å²) in [5, 5.41) is 10.1. The number of benzene rings is 1. The largest absolute Gasteiger partial charge is 0.481 e. The van der Waals surface area contributed by atoms with Crippen LogP contribution in [0.2, 0.25) is 0 Å². The van der Waals surface area contributed by atoms with E-state index in [1.165, 1.54) is 0 Å². The lowest BCUT2D eigenvalue weighted by molar-refractivity contribution is -0.141. The molecule has 1 fully saturated rings. The highest BCUT2D eigenvalue weighted by atomic mass is 16.4. The molecular weight excluding hydrogens is 256 g/mol. The molecule has 1 atom stereocenters. The van der Waals surface area contributed by atoms with Gasteiger partial charge in [-0.25, -0.2) is 0 Å². The Morgan fingerprint density at radius 2 is 2.25 bits per heavy atom. The van der Waals surface area contributed by atoms with Crippen molar-refractivity contribution in [3.05, 3.63) is 36.0 Å². The maximum Gasteiger partial charge on any atom is 0.308 e. The van der Waals surface area contributed by atoms with Gasteiger partial charge in [0.2, 0.25) is 5.91 Å². The van der Waals surface area contributed by atoms with Crippen LogP contribution in [0.25, 0.3) is 10.9 Å². The number of fused-ring (bicyclic) bond motifs is 1. The highest BCUT2D eigenvalue weighted by Crippen LogP contribution is 2.21. The number of rotatable bonds is 4. The lowest BCUT2D eigenvalue weighted by atomic mass is 10.1. The van der Waals surface area contributed by atoms with Crippen LogP contribution in [0.4, 0.5) is 0 Å². The number of H-pyrrole nitrogens is 1. The van der Waals surface area contributed by atoms with E-state index in [2.05, 4.69) is 4.98 Å². The van der Waals surface area contributed by atoms with Gasteiger partial charge in [0.25, 0.3) is 0 Å². The highest BCUT2D eigenvalue weighted by molar-refractivity contribution is 5.86. The number of nitrogens with zero attached hydrogens (tertiary/aromatic N) is 1. The maximum atomic E-state index is 11.8. The number of aliphatic carboxylic acids is 1. The fraction of sp³-hybridized carbons (Fsp3) is 0.333. The van der Waals surface area contributed by atoms with E-state index in [1.54, 1.807) is 4.90 Å². The molecule has 2 N–H and O–H groups in total. The number of para-hydroxylation sites is 1. The summed E-state index contributed by atoms with van der Waals surface area (Å²) < 4.78 is 0. The normalized spacial score (nSPS) is 18.9. The summed E-state index contributed by atoms with van der Waals surface area (Å²) in [5.74, 6) is -1.49. The Labute approximate surface area is 116 Å². The third-order valence-electron chi connectivity index (χ3n) is 3.89. The molecule has 2 aromatic rings. The van der Waals surface area contributed by atoms with Crippen molar-refractivity contribution in [2.75, 3.05) is 13.1 Å². The highest BCUT2D eigenvalue weighted by Gasteiger charge is 2.33. The number of carboxylic acids is 1. The number of carbonyl (C=O) groups is 2. The van der Waals surface area contributed by atoms with E-state index in [4.69, 9.17) is 5.11 Å². The SMILES string of the molecule is O=C(O)C1CC(=O)N(CCc2cccc3cc[nH]c23)C1. The fourth-order valence-electron chi connectivity index (χ4n) is 2.77. The van der Waals surface area contributed by atoms with Crippen molar-refractivity contribution >= 4 is 22.8 Å². The van der Waals surface area contributed by atoms with Gasteiger partial charge in [0.05, 0.1) is 5.92 Å². The first kappa shape index (κ1) is 12.7. The molecule has 0 saturated carbocycles. The zero-order valence-corrected chi connectivity index (χ0v) is 11.0. The van der Waals surface area contributed by atoms with Crippen LogP contribution in [0, 0.1) is 5.92 Å². The number of amides is 1. The third kappa shape index (κ3) is 2.27. The lowest BCUT2D eigenvalue weighted by Crippen LogP contribution is -2.28. The molecule has 5 heteroatoms. The van der Waals surface area contributed by atoms with Crippen LogP contribution < -0.4 is 0 Å². The van der Waals surface area contributed by atoms with Gasteiger partial charge in [-0.2, -0.15) is 0 Å². The van der Waals surface area contributed by atoms with Crippen molar-refractivity contribution in [1.82, 2.24) is 9.88 Å². The average Bonchev–Trinajstić information content (AvgIpc) is 3.03. The van der Waals surface area contributed by atoms with Crippen LogP contribution in [0.1, 0.15) is 12.0 Å². The van der Waals surface area contributed by atoms with E-state index in [9.17, 15) is 9.59 Å². The number of carbonyl (C=O) groups excluding carboxylic acids is 1. The molecule has 20 heavy (non-hydrogen) atoms. The molecule has 2 heterocycles. The van der Waals surface area contributed by atoms with Crippen molar-refractivity contribution < 1.29 is 14.7 Å². The minimum atomic E-state index is -0.882. The number of likely N-dealkylation sites (tertiary alicyclic amines) is 1. The Morgan fingerprint density at radius 3 is 3.00 bits per heavy atom. The molecule has 1 unspecified atom stereocenters. The van der Waals surface area contributed by atoms with Crippen LogP contribution in [-0.4, -0.2) is 40.0 Å². The van der Waals surface area contributed by atoms with Crippen LogP contribution >= 0.6 is 0 Å². The predicted molar refractivity (Wildman–Crippen MR) is 74.3 cm³/mol. The van der Waals surface area contributed by atoms with Gasteiger partial charge in [-0.05, 0) is 23.4 Å². The topological polar surface area (TPSA) is 73.4 Å². The van der Waals surface area contributed by atoms with E-state index >= 15 is 0 Å². The number of hydrogen-bond donors (Lipinski definition) is 2. The van der Waals surface area contributed by atoms with Gasteiger partial charge in [0.15, 0.2) is 0 Å². The number of carboxylic acid groups (broad SMARTS) is 1. The van der Waals surface area contributed by atoms with Crippen molar-refractivity contribution in [3.8, 4) is 0 Å². The summed E-state index contributed by atoms with van der Waals surface area (Å²) in [5.41, 5.74) is 2.24. The van der Waals surface area contributed by atoms with Crippen molar-refractivity contribution in [2.24, 2.45) is 5.92 Å². The lowest BCUT2D eigenvalue weighted by Gasteiger charge is -2.16. The Balaban J connectivity index is 1.69. The van der Waals surface area contributed by atoms with Crippen LogP contribution in [-0.2, 0) is 16.0 Å². The summed E-state index contributed by atoms with van der Waals surface area (Å²) in [4.78, 5) is 27.6. The second-order valence-electron chi connectivity index (χ2n) is 5.19. The number of hydrogen-bond acceptors (Lipinski definition) is 2. The predicted octanol–water partition coefficient (Wildman–Crippen LogP) is 1.64. The summed E-state index contributed by atoms with van der Waals surface area (Å²) in [6.07, 6.45) is 2.76. The summed E-state index contributed by atoms with van der Waals surface area (Å²) in [6, 6.07) is 8.09. The van der Waals surface area contributed by atoms with E-state index < -0.39 is 11.9 Å². The van der Waals surface area contributed by atoms with Gasteiger partial charge < -0.3 is 15.0 Å². The monoisotopic (exact) mass is 272 g/mol. The minimum Gasteiger partial charge on any atom is -0.481 e. The third-order valence-corrected chi connectivity index (χ3v) is 3.89. The standard InChI is InChI=1S/C15H16N2O3/c18-13-8-12(15(19)20)9-17(13)7-5-11-3-1-2-10-4-6-16-14(10)11/h1-4,6,12,16H,5,7-9H2,(H,19,20). The smallest absolute Gasteiger partial charge is 0.308 e. The molecule has 1 aromatic heterocycles. The summed E-state index contributed by atoms with van der Waals surface area (Å²) >= 11 is 0. The molecule has 1 aliphatic heterocycles. The van der Waals surface area contributed by atoms with Crippen LogP contribution in [0.15, 0.2) is 30.5 Å². The van der Waals surface area contributed by atoms with Crippen LogP contribution in [0.3, 0.4) is 0 Å². The van der Waals surface area contributed by atoms with E-state index in [0.717, 1.165) is 22.9 Å². The van der Waals surface area contributed by atoms with Crippen molar-refractivity contribution in [1.29, 1.82) is 0 Å². The molecule has 1 aromatic carbocycles. The molecule has 1 amide bonds. The molecule has 1 aliphatic rings. The fourth-order valence-corrected chi connectivity index (χ4v) is 2.77. The van der Waals surface area contributed by atoms with Crippen molar-refractivity contribution in [2.45, 2.75) is 12.8 Å². The number of aromatic nitrogens is 1. The van der Waals surface area contributed by atoms with Gasteiger partial charge in [0, 0.05) is 31.2 Å². The second-order valence-corrected chi connectivity index (χ2v) is 5.19. The maximum absolute atomic E-state index is 11.8. The van der Waals surface area contributed by atoms with Crippen molar-refractivity contribution in [3.63, 3.8) is 0 Å². The Hall–Kier alpha value is -2.30. The van der Waals surface area contributed by atoms with E-state index in [-0.39, 0.29) is 12.3 Å². The molecule has 0 radical (unpaired) electrons. The molecule has 0 bridgehead atoms. The Morgan fingerprint density at radius 1 is 1.40 bits per heavy atom. The molecule has 104 valence electrons. The summed E-state index contributed by atoms with van der Waals surface area (Å²) in [6.45, 7) is 0.898. The molecule has 0 spiro atoms.